The van der Waals surface area contributed by atoms with Crippen molar-refractivity contribution >= 4 is 44.6 Å². The van der Waals surface area contributed by atoms with Crippen molar-refractivity contribution in [3.63, 3.8) is 0 Å². The van der Waals surface area contributed by atoms with Crippen LogP contribution in [0.25, 0.3) is 16.0 Å². The second kappa shape index (κ2) is 6.41. The van der Waals surface area contributed by atoms with E-state index in [1.807, 2.05) is 13.0 Å². The Morgan fingerprint density at radius 3 is 2.82 bits per heavy atom. The average molecular weight is 396 g/mol. The van der Waals surface area contributed by atoms with Crippen LogP contribution < -0.4 is 15.8 Å². The molecule has 0 aliphatic carbocycles. The molecule has 0 unspecified atom stereocenters. The molecule has 1 fully saturated rings. The molecule has 1 amide bonds. The van der Waals surface area contributed by atoms with Gasteiger partial charge in [0, 0.05) is 30.4 Å². The summed E-state index contributed by atoms with van der Waals surface area (Å²) >= 11 is 1.39. The minimum absolute atomic E-state index is 0.0384. The number of amides is 1. The van der Waals surface area contributed by atoms with Gasteiger partial charge >= 0.3 is 0 Å². The Kier molecular flexibility index (Phi) is 3.86. The number of thiazole rings is 1. The summed E-state index contributed by atoms with van der Waals surface area (Å²) in [7, 11) is 0. The predicted octanol–water partition coefficient (Wildman–Crippen LogP) is 2.45. The molecule has 4 heterocycles. The molecule has 3 aromatic heterocycles. The van der Waals surface area contributed by atoms with Gasteiger partial charge in [-0.05, 0) is 42.2 Å². The van der Waals surface area contributed by atoms with E-state index < -0.39 is 11.5 Å². The summed E-state index contributed by atoms with van der Waals surface area (Å²) in [6.45, 7) is 3.79. The molecule has 1 aliphatic heterocycles. The van der Waals surface area contributed by atoms with Gasteiger partial charge in [0.15, 0.2) is 16.0 Å². The highest BCUT2D eigenvalue weighted by Crippen LogP contribution is 2.32. The number of aryl methyl sites for hydroxylation is 1. The lowest BCUT2D eigenvalue weighted by Crippen LogP contribution is -2.26. The second-order valence-electron chi connectivity index (χ2n) is 6.71. The van der Waals surface area contributed by atoms with E-state index in [2.05, 4.69) is 25.5 Å². The molecule has 1 N–H and O–H groups in total. The van der Waals surface area contributed by atoms with Crippen LogP contribution >= 0.6 is 11.3 Å². The van der Waals surface area contributed by atoms with Gasteiger partial charge in [-0.1, -0.05) is 0 Å². The van der Waals surface area contributed by atoms with Crippen LogP contribution in [-0.4, -0.2) is 38.7 Å². The number of nitrogens with one attached hydrogen (secondary N) is 1. The number of nitrogens with zero attached hydrogens (tertiary/aromatic N) is 5. The number of carbonyl (C=O) groups is 1. The van der Waals surface area contributed by atoms with Crippen LogP contribution in [0.3, 0.4) is 0 Å². The van der Waals surface area contributed by atoms with E-state index in [4.69, 9.17) is 4.63 Å². The first kappa shape index (κ1) is 16.9. The molecule has 1 aromatic carbocycles. The van der Waals surface area contributed by atoms with Gasteiger partial charge in [0.2, 0.25) is 0 Å². The van der Waals surface area contributed by atoms with Gasteiger partial charge in [0.25, 0.3) is 11.5 Å². The van der Waals surface area contributed by atoms with Crippen LogP contribution in [0.4, 0.5) is 11.4 Å². The topological polar surface area (TPSA) is 106 Å². The summed E-state index contributed by atoms with van der Waals surface area (Å²) in [6, 6.07) is 3.65. The fourth-order valence-electron chi connectivity index (χ4n) is 3.51. The fourth-order valence-corrected chi connectivity index (χ4v) is 4.29. The number of rotatable bonds is 3. The molecule has 5 rings (SSSR count). The van der Waals surface area contributed by atoms with E-state index in [1.165, 1.54) is 21.9 Å². The number of fused-ring (bicyclic) bond motifs is 2. The largest absolute Gasteiger partial charge is 0.370 e. The molecule has 1 aliphatic rings. The molecule has 0 radical (unpaired) electrons. The first-order chi connectivity index (χ1) is 13.6. The highest BCUT2D eigenvalue weighted by Gasteiger charge is 2.21. The summed E-state index contributed by atoms with van der Waals surface area (Å²) in [5.41, 5.74) is 1.98. The number of aromatic nitrogens is 4. The van der Waals surface area contributed by atoms with Crippen LogP contribution in [0.2, 0.25) is 0 Å². The van der Waals surface area contributed by atoms with Crippen molar-refractivity contribution in [1.29, 1.82) is 0 Å². The van der Waals surface area contributed by atoms with Crippen molar-refractivity contribution in [2.75, 3.05) is 23.3 Å². The number of carbonyl (C=O) groups excluding carboxylic acids is 1. The molecule has 0 spiro atoms. The van der Waals surface area contributed by atoms with Crippen molar-refractivity contribution in [3.8, 4) is 0 Å². The van der Waals surface area contributed by atoms with E-state index in [-0.39, 0.29) is 5.56 Å². The van der Waals surface area contributed by atoms with Crippen molar-refractivity contribution in [3.05, 3.63) is 45.3 Å². The third-order valence-electron chi connectivity index (χ3n) is 4.86. The van der Waals surface area contributed by atoms with Gasteiger partial charge in [-0.25, -0.2) is 9.61 Å². The molecule has 9 nitrogen and oxygen atoms in total. The zero-order valence-corrected chi connectivity index (χ0v) is 15.8. The number of hydrogen-bond acceptors (Lipinski definition) is 8. The molecule has 4 aromatic rings. The highest BCUT2D eigenvalue weighted by molar-refractivity contribution is 7.16. The Hall–Kier alpha value is -3.27. The number of benzene rings is 1. The average Bonchev–Trinajstić information content (AvgIpc) is 3.42. The lowest BCUT2D eigenvalue weighted by Gasteiger charge is -2.18. The molecule has 142 valence electrons. The van der Waals surface area contributed by atoms with Crippen LogP contribution in [0.1, 0.15) is 28.1 Å². The maximum Gasteiger partial charge on any atom is 0.271 e. The van der Waals surface area contributed by atoms with Crippen molar-refractivity contribution < 1.29 is 9.42 Å². The Balaban J connectivity index is 1.51. The standard InChI is InChI=1S/C18H16N6O3S/c1-10-9-24-17(26)11(8-19-18(24)28-10)16(25)20-12-4-5-13(23-6-2-3-7-23)15-14(12)21-27-22-15/h4-5,8-9H,2-3,6-7H2,1H3,(H,20,25). The molecule has 0 bridgehead atoms. The number of hydrogen-bond donors (Lipinski definition) is 1. The SMILES string of the molecule is Cc1cn2c(=O)c(C(=O)Nc3ccc(N4CCCC4)c4nonc34)cnc2s1. The third-order valence-corrected chi connectivity index (χ3v) is 5.77. The van der Waals surface area contributed by atoms with E-state index >= 15 is 0 Å². The molecule has 10 heteroatoms. The third kappa shape index (κ3) is 2.64. The lowest BCUT2D eigenvalue weighted by molar-refractivity contribution is 0.102. The van der Waals surface area contributed by atoms with Crippen LogP contribution in [0.15, 0.2) is 33.9 Å². The van der Waals surface area contributed by atoms with Gasteiger partial charge < -0.3 is 10.2 Å². The van der Waals surface area contributed by atoms with Gasteiger partial charge in [-0.3, -0.25) is 14.0 Å². The van der Waals surface area contributed by atoms with Gasteiger partial charge in [-0.15, -0.1) is 11.3 Å². The summed E-state index contributed by atoms with van der Waals surface area (Å²) in [5, 5.41) is 10.7. The highest BCUT2D eigenvalue weighted by atomic mass is 32.1. The monoisotopic (exact) mass is 396 g/mol. The zero-order valence-electron chi connectivity index (χ0n) is 15.0. The Morgan fingerprint density at radius 2 is 2.00 bits per heavy atom. The van der Waals surface area contributed by atoms with Gasteiger partial charge in [0.1, 0.15) is 5.56 Å². The Bertz CT molecular complexity index is 1270. The minimum atomic E-state index is -0.547. The van der Waals surface area contributed by atoms with E-state index in [9.17, 15) is 9.59 Å². The van der Waals surface area contributed by atoms with E-state index in [0.717, 1.165) is 36.5 Å². The first-order valence-corrected chi connectivity index (χ1v) is 9.73. The molecule has 0 atom stereocenters. The van der Waals surface area contributed by atoms with Crippen LogP contribution in [0, 0.1) is 6.92 Å². The Labute approximate surface area is 162 Å². The molecular weight excluding hydrogens is 380 g/mol. The quantitative estimate of drug-likeness (QED) is 0.567. The second-order valence-corrected chi connectivity index (χ2v) is 7.93. The zero-order chi connectivity index (χ0) is 19.3. The summed E-state index contributed by atoms with van der Waals surface area (Å²) < 4.78 is 6.31. The maximum absolute atomic E-state index is 12.7. The van der Waals surface area contributed by atoms with Crippen LogP contribution in [-0.2, 0) is 0 Å². The minimum Gasteiger partial charge on any atom is -0.370 e. The van der Waals surface area contributed by atoms with Crippen molar-refractivity contribution in [2.24, 2.45) is 0 Å². The van der Waals surface area contributed by atoms with Crippen molar-refractivity contribution in [1.82, 2.24) is 19.7 Å². The molecule has 0 saturated carbocycles. The molecule has 28 heavy (non-hydrogen) atoms. The van der Waals surface area contributed by atoms with Gasteiger partial charge in [0.05, 0.1) is 11.4 Å². The summed E-state index contributed by atoms with van der Waals surface area (Å²) in [5.74, 6) is -0.547. The summed E-state index contributed by atoms with van der Waals surface area (Å²) in [6.07, 6.45) is 5.25. The van der Waals surface area contributed by atoms with Crippen molar-refractivity contribution in [2.45, 2.75) is 19.8 Å². The van der Waals surface area contributed by atoms with E-state index in [0.29, 0.717) is 21.7 Å². The van der Waals surface area contributed by atoms with Crippen LogP contribution in [0.5, 0.6) is 0 Å². The molecule has 1 saturated heterocycles. The lowest BCUT2D eigenvalue weighted by atomic mass is 10.2. The predicted molar refractivity (Wildman–Crippen MR) is 105 cm³/mol. The van der Waals surface area contributed by atoms with E-state index in [1.54, 1.807) is 12.3 Å². The van der Waals surface area contributed by atoms with Gasteiger partial charge in [-0.2, -0.15) is 0 Å². The smallest absolute Gasteiger partial charge is 0.271 e. The normalized spacial score (nSPS) is 14.2. The maximum atomic E-state index is 12.7. The number of anilines is 2. The fraction of sp³-hybridized carbons (Fsp3) is 0.278. The molecular formula is C18H16N6O3S. The summed E-state index contributed by atoms with van der Waals surface area (Å²) in [4.78, 5) is 33.3. The Morgan fingerprint density at radius 1 is 1.21 bits per heavy atom. The first-order valence-electron chi connectivity index (χ1n) is 8.91.